The van der Waals surface area contributed by atoms with Crippen molar-refractivity contribution in [3.63, 3.8) is 0 Å². The van der Waals surface area contributed by atoms with Crippen molar-refractivity contribution in [2.45, 2.75) is 0 Å². The Morgan fingerprint density at radius 3 is 1.43 bits per heavy atom. The van der Waals surface area contributed by atoms with E-state index in [0.29, 0.717) is 0 Å². The van der Waals surface area contributed by atoms with E-state index < -0.39 is 9.05 Å². The maximum atomic E-state index is 8.89. The van der Waals surface area contributed by atoms with Crippen molar-refractivity contribution < 1.29 is 30.4 Å². The maximum Gasteiger partial charge on any atom is 1.00 e. The van der Waals surface area contributed by atoms with E-state index in [-0.39, 0.29) is 23.2 Å². The van der Waals surface area contributed by atoms with Gasteiger partial charge in [0.05, 0.1) is 0 Å². The molecule has 0 aliphatic heterocycles. The molecule has 0 aliphatic rings. The summed E-state index contributed by atoms with van der Waals surface area (Å²) in [6.45, 7) is 0. The molecule has 0 aromatic carbocycles. The van der Waals surface area contributed by atoms with Gasteiger partial charge in [-0.2, -0.15) is 0 Å². The van der Waals surface area contributed by atoms with Crippen LogP contribution in [0.4, 0.5) is 0 Å². The van der Waals surface area contributed by atoms with Crippen LogP contribution in [0.1, 0.15) is 0 Å². The van der Waals surface area contributed by atoms with Crippen LogP contribution in [0.3, 0.4) is 0 Å². The molecule has 0 saturated heterocycles. The number of quaternary nitrogens is 1. The zero-order valence-electron chi connectivity index (χ0n) is 3.34. The molecular formula is H4CuNO3S2. The Kier molecular flexibility index (Phi) is 11.0. The summed E-state index contributed by atoms with van der Waals surface area (Å²) in [5.41, 5.74) is 0. The number of rotatable bonds is 0. The van der Waals surface area contributed by atoms with Gasteiger partial charge in [-0.15, -0.1) is 9.05 Å². The summed E-state index contributed by atoms with van der Waals surface area (Å²) < 4.78 is 26.7. The normalized spacial score (nSPS) is 8.29. The smallest absolute Gasteiger partial charge is 0.780 e. The fourth-order valence-corrected chi connectivity index (χ4v) is 0. The summed E-state index contributed by atoms with van der Waals surface area (Å²) in [6, 6.07) is 0. The summed E-state index contributed by atoms with van der Waals surface area (Å²) in [7, 11) is -4.33. The fourth-order valence-electron chi connectivity index (χ4n) is 0. The first kappa shape index (κ1) is 15.7. The summed E-state index contributed by atoms with van der Waals surface area (Å²) in [4.78, 5) is 0. The molecule has 0 amide bonds. The second kappa shape index (κ2) is 4.92. The Hall–Kier alpha value is 0.769. The van der Waals surface area contributed by atoms with Crippen molar-refractivity contribution in [3.05, 3.63) is 0 Å². The van der Waals surface area contributed by atoms with Crippen LogP contribution in [-0.2, 0) is 37.3 Å². The van der Waals surface area contributed by atoms with E-state index >= 15 is 0 Å². The Morgan fingerprint density at radius 1 is 1.43 bits per heavy atom. The average molecular weight is 194 g/mol. The van der Waals surface area contributed by atoms with Crippen molar-refractivity contribution in [2.24, 2.45) is 0 Å². The average Bonchev–Trinajstić information content (AvgIpc) is 0.722. The predicted octanol–water partition coefficient (Wildman–Crippen LogP) is -0.633. The third-order valence-electron chi connectivity index (χ3n) is 0. The van der Waals surface area contributed by atoms with Gasteiger partial charge in [0.15, 0.2) is 0 Å². The van der Waals surface area contributed by atoms with E-state index in [1.807, 2.05) is 0 Å². The molecule has 0 saturated carbocycles. The van der Waals surface area contributed by atoms with E-state index in [0.717, 1.165) is 0 Å². The minimum absolute atomic E-state index is 0. The van der Waals surface area contributed by atoms with Gasteiger partial charge in [-0.1, -0.05) is 0 Å². The van der Waals surface area contributed by atoms with Gasteiger partial charge in [0.1, 0.15) is 0 Å². The first-order valence-electron chi connectivity index (χ1n) is 0.667. The summed E-state index contributed by atoms with van der Waals surface area (Å²) in [5.74, 6) is 0. The van der Waals surface area contributed by atoms with Crippen LogP contribution in [0, 0.1) is 0 Å². The molecule has 0 bridgehead atoms. The van der Waals surface area contributed by atoms with Gasteiger partial charge < -0.3 is 15.3 Å². The van der Waals surface area contributed by atoms with Crippen molar-refractivity contribution in [2.75, 3.05) is 0 Å². The molecule has 0 rings (SSSR count). The first-order chi connectivity index (χ1) is 2.00. The second-order valence-corrected chi connectivity index (χ2v) is 2.45. The number of hydrogen-bond donors (Lipinski definition) is 1. The molecule has 4 N–H and O–H groups in total. The molecule has 0 aliphatic carbocycles. The van der Waals surface area contributed by atoms with Crippen LogP contribution in [0.15, 0.2) is 0 Å². The van der Waals surface area contributed by atoms with Crippen molar-refractivity contribution in [3.8, 4) is 0 Å². The first-order valence-corrected chi connectivity index (χ1v) is 3.00. The Balaban J connectivity index is -0.0000000800. The van der Waals surface area contributed by atoms with Crippen LogP contribution in [0.25, 0.3) is 0 Å². The van der Waals surface area contributed by atoms with Crippen LogP contribution in [-0.4, -0.2) is 13.3 Å². The van der Waals surface area contributed by atoms with E-state index in [9.17, 15) is 0 Å². The Morgan fingerprint density at radius 2 is 1.43 bits per heavy atom. The Labute approximate surface area is 57.1 Å². The van der Waals surface area contributed by atoms with Gasteiger partial charge in [-0.3, -0.25) is 4.21 Å². The molecule has 0 atom stereocenters. The Bertz CT molecular complexity index is 96.1. The summed E-state index contributed by atoms with van der Waals surface area (Å²) in [6.07, 6.45) is 0. The van der Waals surface area contributed by atoms with E-state index in [1.165, 1.54) is 0 Å². The van der Waals surface area contributed by atoms with Crippen LogP contribution >= 0.6 is 0 Å². The van der Waals surface area contributed by atoms with Crippen molar-refractivity contribution in [1.29, 1.82) is 0 Å². The molecule has 0 radical (unpaired) electrons. The third kappa shape index (κ3) is 260. The molecule has 0 fully saturated rings. The molecule has 0 unspecified atom stereocenters. The quantitative estimate of drug-likeness (QED) is 0.518. The largest absolute Gasteiger partial charge is 1.00 e. The van der Waals surface area contributed by atoms with Crippen molar-refractivity contribution in [1.82, 2.24) is 6.15 Å². The molecule has 0 aromatic heterocycles. The van der Waals surface area contributed by atoms with Gasteiger partial charge in [0.25, 0.3) is 0 Å². The van der Waals surface area contributed by atoms with E-state index in [2.05, 4.69) is 11.2 Å². The molecule has 0 heterocycles. The second-order valence-electron chi connectivity index (χ2n) is 0.408. The van der Waals surface area contributed by atoms with E-state index in [4.69, 9.17) is 13.3 Å². The molecule has 50 valence electrons. The van der Waals surface area contributed by atoms with Crippen LogP contribution < -0.4 is 6.15 Å². The van der Waals surface area contributed by atoms with Gasteiger partial charge in [-0.05, 0) is 11.2 Å². The molecule has 7 heteroatoms. The minimum Gasteiger partial charge on any atom is -0.780 e. The minimum atomic E-state index is -4.33. The zero-order valence-corrected chi connectivity index (χ0v) is 5.92. The molecule has 4 nitrogen and oxygen atoms in total. The topological polar surface area (TPSA) is 99.7 Å². The summed E-state index contributed by atoms with van der Waals surface area (Å²) >= 11 is 3.24. The monoisotopic (exact) mass is 193 g/mol. The van der Waals surface area contributed by atoms with Gasteiger partial charge in [-0.25, -0.2) is 0 Å². The summed E-state index contributed by atoms with van der Waals surface area (Å²) in [5, 5.41) is 0. The standard InChI is InChI=1S/Cu.H3N.H2O3S2/c;;1-5(2,3)4/h;1H3;(H2,1,2,3,4)/q+1;;/p-1. The van der Waals surface area contributed by atoms with E-state index in [1.54, 1.807) is 0 Å². The predicted molar refractivity (Wildman–Crippen MR) is 23.0 cm³/mol. The van der Waals surface area contributed by atoms with Crippen LogP contribution in [0.2, 0.25) is 0 Å². The zero-order chi connectivity index (χ0) is 4.50. The van der Waals surface area contributed by atoms with Gasteiger partial charge >= 0.3 is 17.1 Å². The third-order valence-corrected chi connectivity index (χ3v) is 0. The molecule has 0 spiro atoms. The molecular weight excluding hydrogens is 190 g/mol. The SMILES string of the molecule is O=S([O-])([O-])=S.[Cu+].[NH4+]. The van der Waals surface area contributed by atoms with Gasteiger partial charge in [0.2, 0.25) is 0 Å². The molecule has 7 heavy (non-hydrogen) atoms. The number of hydrogen-bond acceptors (Lipinski definition) is 4. The van der Waals surface area contributed by atoms with Crippen molar-refractivity contribution >= 4 is 20.2 Å². The molecule has 0 aromatic rings. The fraction of sp³-hybridized carbons (Fsp3) is 0. The maximum absolute atomic E-state index is 8.89. The van der Waals surface area contributed by atoms with Crippen LogP contribution in [0.5, 0.6) is 0 Å². The van der Waals surface area contributed by atoms with Gasteiger partial charge in [0, 0.05) is 0 Å².